The smallest absolute Gasteiger partial charge is 0.326 e. The van der Waals surface area contributed by atoms with Crippen molar-refractivity contribution in [3.63, 3.8) is 0 Å². The number of ether oxygens (including phenoxy) is 1. The maximum atomic E-state index is 12.0. The molecule has 1 aromatic carbocycles. The molecule has 5 heteroatoms. The molecule has 2 aromatic rings. The SMILES string of the molecule is CC1CCCCO1.Cc1ccc2[nH]c(=O)n(C3CCNCC3)c2c1. The summed E-state index contributed by atoms with van der Waals surface area (Å²) in [5.74, 6) is 0. The molecule has 1 unspecified atom stereocenters. The minimum atomic E-state index is 0.0255. The first-order valence-corrected chi connectivity index (χ1v) is 9.18. The maximum absolute atomic E-state index is 12.0. The number of nitrogens with zero attached hydrogens (tertiary/aromatic N) is 1. The summed E-state index contributed by atoms with van der Waals surface area (Å²) in [6, 6.07) is 6.45. The Morgan fingerprint density at radius 2 is 1.96 bits per heavy atom. The number of rotatable bonds is 1. The van der Waals surface area contributed by atoms with Crippen LogP contribution in [0.2, 0.25) is 0 Å². The van der Waals surface area contributed by atoms with Crippen molar-refractivity contribution in [1.29, 1.82) is 0 Å². The van der Waals surface area contributed by atoms with Crippen molar-refractivity contribution in [2.75, 3.05) is 19.7 Å². The zero-order valence-corrected chi connectivity index (χ0v) is 14.8. The summed E-state index contributed by atoms with van der Waals surface area (Å²) in [6.07, 6.45) is 6.49. The third-order valence-corrected chi connectivity index (χ3v) is 4.95. The molecule has 5 nitrogen and oxygen atoms in total. The van der Waals surface area contributed by atoms with Gasteiger partial charge in [-0.2, -0.15) is 0 Å². The van der Waals surface area contributed by atoms with Gasteiger partial charge in [-0.15, -0.1) is 0 Å². The minimum Gasteiger partial charge on any atom is -0.379 e. The van der Waals surface area contributed by atoms with Gasteiger partial charge in [-0.1, -0.05) is 6.07 Å². The average molecular weight is 331 g/mol. The quantitative estimate of drug-likeness (QED) is 0.844. The van der Waals surface area contributed by atoms with Gasteiger partial charge in [0, 0.05) is 12.6 Å². The molecule has 132 valence electrons. The highest BCUT2D eigenvalue weighted by atomic mass is 16.5. The maximum Gasteiger partial charge on any atom is 0.326 e. The van der Waals surface area contributed by atoms with Crippen LogP contribution in [0.3, 0.4) is 0 Å². The van der Waals surface area contributed by atoms with E-state index in [4.69, 9.17) is 4.74 Å². The Morgan fingerprint density at radius 3 is 2.58 bits per heavy atom. The lowest BCUT2D eigenvalue weighted by Crippen LogP contribution is -2.33. The first kappa shape index (κ1) is 17.2. The lowest BCUT2D eigenvalue weighted by molar-refractivity contribution is 0.0285. The van der Waals surface area contributed by atoms with Crippen LogP contribution in [0, 0.1) is 6.92 Å². The Hall–Kier alpha value is -1.59. The number of aromatic amines is 1. The van der Waals surface area contributed by atoms with Gasteiger partial charge in [0.1, 0.15) is 0 Å². The second kappa shape index (κ2) is 7.99. The molecule has 2 fully saturated rings. The molecule has 0 saturated carbocycles. The molecule has 0 spiro atoms. The number of piperidine rings is 1. The van der Waals surface area contributed by atoms with Crippen LogP contribution in [-0.4, -0.2) is 35.4 Å². The van der Waals surface area contributed by atoms with E-state index in [9.17, 15) is 4.79 Å². The van der Waals surface area contributed by atoms with Crippen molar-refractivity contribution in [3.05, 3.63) is 34.2 Å². The highest BCUT2D eigenvalue weighted by molar-refractivity contribution is 5.76. The zero-order chi connectivity index (χ0) is 16.9. The van der Waals surface area contributed by atoms with E-state index < -0.39 is 0 Å². The van der Waals surface area contributed by atoms with Gasteiger partial charge in [-0.25, -0.2) is 4.79 Å². The van der Waals surface area contributed by atoms with Crippen molar-refractivity contribution in [2.45, 2.75) is 58.1 Å². The number of nitrogens with one attached hydrogen (secondary N) is 2. The van der Waals surface area contributed by atoms with Crippen LogP contribution in [0.25, 0.3) is 11.0 Å². The highest BCUT2D eigenvalue weighted by Gasteiger charge is 2.19. The first-order valence-electron chi connectivity index (χ1n) is 9.18. The van der Waals surface area contributed by atoms with Gasteiger partial charge in [-0.3, -0.25) is 4.57 Å². The van der Waals surface area contributed by atoms with Crippen molar-refractivity contribution in [1.82, 2.24) is 14.9 Å². The second-order valence-electron chi connectivity index (χ2n) is 6.98. The Bertz CT molecular complexity index is 707. The Balaban J connectivity index is 0.000000203. The van der Waals surface area contributed by atoms with Crippen LogP contribution in [0.15, 0.2) is 23.0 Å². The molecule has 1 atom stereocenters. The van der Waals surface area contributed by atoms with Gasteiger partial charge in [0.2, 0.25) is 0 Å². The molecule has 2 N–H and O–H groups in total. The largest absolute Gasteiger partial charge is 0.379 e. The van der Waals surface area contributed by atoms with E-state index in [1.165, 1.54) is 24.8 Å². The predicted molar refractivity (Wildman–Crippen MR) is 97.7 cm³/mol. The summed E-state index contributed by atoms with van der Waals surface area (Å²) in [5, 5.41) is 3.33. The van der Waals surface area contributed by atoms with Crippen LogP contribution < -0.4 is 11.0 Å². The van der Waals surface area contributed by atoms with E-state index in [1.807, 2.05) is 16.7 Å². The summed E-state index contributed by atoms with van der Waals surface area (Å²) in [5.41, 5.74) is 3.21. The van der Waals surface area contributed by atoms with Crippen molar-refractivity contribution in [3.8, 4) is 0 Å². The predicted octanol–water partition coefficient (Wildman–Crippen LogP) is 3.14. The summed E-state index contributed by atoms with van der Waals surface area (Å²) in [4.78, 5) is 15.0. The molecule has 0 radical (unpaired) electrons. The Kier molecular flexibility index (Phi) is 5.74. The summed E-state index contributed by atoms with van der Waals surface area (Å²) in [6.45, 7) is 7.18. The van der Waals surface area contributed by atoms with E-state index >= 15 is 0 Å². The van der Waals surface area contributed by atoms with Gasteiger partial charge < -0.3 is 15.0 Å². The van der Waals surface area contributed by atoms with Gasteiger partial charge in [0.25, 0.3) is 0 Å². The highest BCUT2D eigenvalue weighted by Crippen LogP contribution is 2.22. The van der Waals surface area contributed by atoms with Gasteiger partial charge >= 0.3 is 5.69 Å². The first-order chi connectivity index (χ1) is 11.6. The third kappa shape index (κ3) is 4.08. The third-order valence-electron chi connectivity index (χ3n) is 4.95. The summed E-state index contributed by atoms with van der Waals surface area (Å²) >= 11 is 0. The van der Waals surface area contributed by atoms with Crippen LogP contribution in [0.5, 0.6) is 0 Å². The lowest BCUT2D eigenvalue weighted by Gasteiger charge is -2.23. The molecular weight excluding hydrogens is 302 g/mol. The number of H-pyrrole nitrogens is 1. The molecule has 4 rings (SSSR count). The molecule has 1 aromatic heterocycles. The number of aromatic nitrogens is 2. The van der Waals surface area contributed by atoms with Crippen molar-refractivity contribution in [2.24, 2.45) is 0 Å². The van der Waals surface area contributed by atoms with E-state index in [0.717, 1.165) is 43.6 Å². The lowest BCUT2D eigenvalue weighted by atomic mass is 10.1. The fraction of sp³-hybridized carbons (Fsp3) is 0.632. The zero-order valence-electron chi connectivity index (χ0n) is 14.8. The van der Waals surface area contributed by atoms with Crippen LogP contribution in [0.4, 0.5) is 0 Å². The number of hydrogen-bond donors (Lipinski definition) is 2. The van der Waals surface area contributed by atoms with E-state index in [2.05, 4.69) is 30.2 Å². The molecule has 2 saturated heterocycles. The second-order valence-corrected chi connectivity index (χ2v) is 6.98. The molecule has 0 bridgehead atoms. The van der Waals surface area contributed by atoms with Crippen LogP contribution in [0.1, 0.15) is 50.6 Å². The normalized spacial score (nSPS) is 22.2. The van der Waals surface area contributed by atoms with E-state index in [-0.39, 0.29) is 5.69 Å². The number of fused-ring (bicyclic) bond motifs is 1. The van der Waals surface area contributed by atoms with Gasteiger partial charge in [-0.05, 0) is 76.7 Å². The molecule has 0 amide bonds. The van der Waals surface area contributed by atoms with Crippen molar-refractivity contribution < 1.29 is 4.74 Å². The number of benzene rings is 1. The van der Waals surface area contributed by atoms with Crippen LogP contribution in [-0.2, 0) is 4.74 Å². The van der Waals surface area contributed by atoms with Gasteiger partial charge in [0.15, 0.2) is 0 Å². The summed E-state index contributed by atoms with van der Waals surface area (Å²) in [7, 11) is 0. The monoisotopic (exact) mass is 331 g/mol. The minimum absolute atomic E-state index is 0.0255. The fourth-order valence-corrected chi connectivity index (χ4v) is 3.56. The van der Waals surface area contributed by atoms with Crippen molar-refractivity contribution >= 4 is 11.0 Å². The fourth-order valence-electron chi connectivity index (χ4n) is 3.56. The van der Waals surface area contributed by atoms with Gasteiger partial charge in [0.05, 0.1) is 17.1 Å². The Morgan fingerprint density at radius 1 is 1.17 bits per heavy atom. The number of aryl methyl sites for hydroxylation is 1. The Labute approximate surface area is 143 Å². The molecule has 2 aliphatic rings. The molecule has 0 aliphatic carbocycles. The average Bonchev–Trinajstić information content (AvgIpc) is 2.92. The molecule has 24 heavy (non-hydrogen) atoms. The molecule has 2 aliphatic heterocycles. The topological polar surface area (TPSA) is 59.1 Å². The number of hydrogen-bond acceptors (Lipinski definition) is 3. The molecule has 3 heterocycles. The van der Waals surface area contributed by atoms with Crippen LogP contribution >= 0.6 is 0 Å². The number of imidazole rings is 1. The van der Waals surface area contributed by atoms with E-state index in [0.29, 0.717) is 12.1 Å². The summed E-state index contributed by atoms with van der Waals surface area (Å²) < 4.78 is 7.21. The standard InChI is InChI=1S/C13H17N3O.C6H12O/c1-9-2-3-11-12(8-9)16(13(17)15-11)10-4-6-14-7-5-10;1-6-4-2-3-5-7-6/h2-3,8,10,14H,4-7H2,1H3,(H,15,17);6H,2-5H2,1H3. The molecular formula is C19H29N3O2. The van der Waals surface area contributed by atoms with E-state index in [1.54, 1.807) is 0 Å².